The quantitative estimate of drug-likeness (QED) is 0.800. The van der Waals surface area contributed by atoms with Crippen molar-refractivity contribution >= 4 is 38.9 Å². The first-order valence-electron chi connectivity index (χ1n) is 6.45. The molecule has 6 nitrogen and oxygen atoms in total. The van der Waals surface area contributed by atoms with Crippen LogP contribution in [0.1, 0.15) is 19.8 Å². The van der Waals surface area contributed by atoms with Crippen LogP contribution in [0.15, 0.2) is 24.3 Å². The minimum absolute atomic E-state index is 0.0493. The van der Waals surface area contributed by atoms with Crippen molar-refractivity contribution in [3.63, 3.8) is 0 Å². The molecule has 2 heterocycles. The van der Waals surface area contributed by atoms with Crippen molar-refractivity contribution in [1.82, 2.24) is 19.8 Å². The summed E-state index contributed by atoms with van der Waals surface area (Å²) in [6, 6.07) is 7.32. The van der Waals surface area contributed by atoms with Gasteiger partial charge in [-0.2, -0.15) is 4.52 Å². The summed E-state index contributed by atoms with van der Waals surface area (Å²) in [6.07, 6.45) is 1.27. The highest BCUT2D eigenvalue weighted by atomic mass is 35.5. The van der Waals surface area contributed by atoms with Crippen LogP contribution in [0, 0.1) is 0 Å². The lowest BCUT2D eigenvalue weighted by molar-refractivity contribution is -0.116. The van der Waals surface area contributed by atoms with Crippen molar-refractivity contribution in [3.05, 3.63) is 29.3 Å². The topological polar surface area (TPSA) is 72.2 Å². The fourth-order valence-electron chi connectivity index (χ4n) is 1.88. The Hall–Kier alpha value is -1.99. The molecule has 0 saturated heterocycles. The van der Waals surface area contributed by atoms with Crippen LogP contribution in [0.5, 0.6) is 0 Å². The van der Waals surface area contributed by atoms with Gasteiger partial charge in [-0.1, -0.05) is 42.0 Å². The number of rotatable bonds is 4. The van der Waals surface area contributed by atoms with Gasteiger partial charge in [0.05, 0.1) is 0 Å². The van der Waals surface area contributed by atoms with E-state index in [9.17, 15) is 4.79 Å². The van der Waals surface area contributed by atoms with Crippen LogP contribution >= 0.6 is 22.9 Å². The summed E-state index contributed by atoms with van der Waals surface area (Å²) >= 11 is 7.27. The molecule has 1 N–H and O–H groups in total. The highest BCUT2D eigenvalue weighted by Crippen LogP contribution is 2.25. The Balaban J connectivity index is 1.95. The van der Waals surface area contributed by atoms with E-state index in [2.05, 4.69) is 20.6 Å². The van der Waals surface area contributed by atoms with Crippen LogP contribution in [-0.4, -0.2) is 25.7 Å². The number of amides is 1. The average Bonchev–Trinajstić information content (AvgIpc) is 2.98. The van der Waals surface area contributed by atoms with Crippen LogP contribution in [0.3, 0.4) is 0 Å². The largest absolute Gasteiger partial charge is 0.301 e. The highest BCUT2D eigenvalue weighted by molar-refractivity contribution is 7.20. The molecular formula is C13H12ClN5OS. The van der Waals surface area contributed by atoms with Crippen LogP contribution < -0.4 is 5.32 Å². The Morgan fingerprint density at radius 3 is 3.05 bits per heavy atom. The summed E-state index contributed by atoms with van der Waals surface area (Å²) in [5.74, 6) is 0.548. The first-order chi connectivity index (χ1) is 10.2. The molecule has 0 aliphatic rings. The minimum Gasteiger partial charge on any atom is -0.301 e. The van der Waals surface area contributed by atoms with Crippen LogP contribution in [0.4, 0.5) is 5.13 Å². The molecule has 3 aromatic rings. The molecule has 0 aliphatic carbocycles. The summed E-state index contributed by atoms with van der Waals surface area (Å²) < 4.78 is 1.61. The SMILES string of the molecule is CCCC(=O)Nc1nn2c(-c3cccc(Cl)c3)nnc2s1. The van der Waals surface area contributed by atoms with Gasteiger partial charge in [0.2, 0.25) is 16.0 Å². The number of carbonyl (C=O) groups excluding carboxylic acids is 1. The normalized spacial score (nSPS) is 11.0. The molecular weight excluding hydrogens is 310 g/mol. The Labute approximate surface area is 129 Å². The summed E-state index contributed by atoms with van der Waals surface area (Å²) in [4.78, 5) is 12.2. The fourth-order valence-corrected chi connectivity index (χ4v) is 2.83. The van der Waals surface area contributed by atoms with Crippen molar-refractivity contribution in [1.29, 1.82) is 0 Å². The van der Waals surface area contributed by atoms with Gasteiger partial charge in [-0.25, -0.2) is 0 Å². The lowest BCUT2D eigenvalue weighted by Crippen LogP contribution is -2.10. The first kappa shape index (κ1) is 14.0. The third-order valence-electron chi connectivity index (χ3n) is 2.80. The molecule has 0 radical (unpaired) electrons. The second-order valence-electron chi connectivity index (χ2n) is 4.43. The van der Waals surface area contributed by atoms with E-state index < -0.39 is 0 Å². The maximum absolute atomic E-state index is 11.6. The maximum Gasteiger partial charge on any atom is 0.236 e. The average molecular weight is 322 g/mol. The standard InChI is InChI=1S/C13H12ClN5OS/c1-2-4-10(20)15-12-18-19-11(16-17-13(19)21-12)8-5-3-6-9(14)7-8/h3,5-7H,2,4H2,1H3,(H,15,18,20). The van der Waals surface area contributed by atoms with Crippen molar-refractivity contribution in [2.24, 2.45) is 0 Å². The molecule has 3 rings (SSSR count). The zero-order chi connectivity index (χ0) is 14.8. The molecule has 2 aromatic heterocycles. The van der Waals surface area contributed by atoms with E-state index in [0.29, 0.717) is 27.4 Å². The maximum atomic E-state index is 11.6. The van der Waals surface area contributed by atoms with E-state index in [1.54, 1.807) is 16.6 Å². The van der Waals surface area contributed by atoms with E-state index in [0.717, 1.165) is 12.0 Å². The number of nitrogens with one attached hydrogen (secondary N) is 1. The fraction of sp³-hybridized carbons (Fsp3) is 0.231. The number of nitrogens with zero attached hydrogens (tertiary/aromatic N) is 4. The zero-order valence-corrected chi connectivity index (χ0v) is 12.8. The zero-order valence-electron chi connectivity index (χ0n) is 11.2. The third kappa shape index (κ3) is 2.88. The molecule has 1 amide bonds. The molecule has 0 bridgehead atoms. The van der Waals surface area contributed by atoms with E-state index >= 15 is 0 Å². The lowest BCUT2D eigenvalue weighted by Gasteiger charge is -1.99. The molecule has 0 aliphatic heterocycles. The molecule has 1 aromatic carbocycles. The summed E-state index contributed by atoms with van der Waals surface area (Å²) in [7, 11) is 0. The smallest absolute Gasteiger partial charge is 0.236 e. The van der Waals surface area contributed by atoms with Crippen molar-refractivity contribution in [2.75, 3.05) is 5.32 Å². The molecule has 0 unspecified atom stereocenters. The predicted octanol–water partition coefficient (Wildman–Crippen LogP) is 3.24. The summed E-state index contributed by atoms with van der Waals surface area (Å²) in [6.45, 7) is 1.95. The number of carbonyl (C=O) groups is 1. The second-order valence-corrected chi connectivity index (χ2v) is 5.83. The van der Waals surface area contributed by atoms with Gasteiger partial charge in [0.1, 0.15) is 0 Å². The van der Waals surface area contributed by atoms with Crippen molar-refractivity contribution in [2.45, 2.75) is 19.8 Å². The van der Waals surface area contributed by atoms with Gasteiger partial charge >= 0.3 is 0 Å². The van der Waals surface area contributed by atoms with E-state index in [4.69, 9.17) is 11.6 Å². The van der Waals surface area contributed by atoms with E-state index in [-0.39, 0.29) is 5.91 Å². The Morgan fingerprint density at radius 2 is 2.29 bits per heavy atom. The van der Waals surface area contributed by atoms with Gasteiger partial charge in [0, 0.05) is 17.0 Å². The molecule has 0 fully saturated rings. The molecule has 0 spiro atoms. The third-order valence-corrected chi connectivity index (χ3v) is 3.85. The van der Waals surface area contributed by atoms with Crippen molar-refractivity contribution in [3.8, 4) is 11.4 Å². The number of hydrogen-bond acceptors (Lipinski definition) is 5. The summed E-state index contributed by atoms with van der Waals surface area (Å²) in [5.41, 5.74) is 0.826. The van der Waals surface area contributed by atoms with E-state index in [1.165, 1.54) is 11.3 Å². The van der Waals surface area contributed by atoms with Gasteiger partial charge in [-0.3, -0.25) is 4.79 Å². The number of hydrogen-bond donors (Lipinski definition) is 1. The number of halogens is 1. The van der Waals surface area contributed by atoms with Crippen molar-refractivity contribution < 1.29 is 4.79 Å². The van der Waals surface area contributed by atoms with Gasteiger partial charge in [-0.15, -0.1) is 15.3 Å². The number of anilines is 1. The van der Waals surface area contributed by atoms with Gasteiger partial charge < -0.3 is 5.32 Å². The van der Waals surface area contributed by atoms with Crippen LogP contribution in [0.25, 0.3) is 16.3 Å². The summed E-state index contributed by atoms with van der Waals surface area (Å²) in [5, 5.41) is 16.4. The minimum atomic E-state index is -0.0493. The monoisotopic (exact) mass is 321 g/mol. The van der Waals surface area contributed by atoms with Crippen LogP contribution in [0.2, 0.25) is 5.02 Å². The molecule has 108 valence electrons. The second kappa shape index (κ2) is 5.79. The first-order valence-corrected chi connectivity index (χ1v) is 7.65. The Morgan fingerprint density at radius 1 is 1.43 bits per heavy atom. The molecule has 8 heteroatoms. The number of aromatic nitrogens is 4. The Bertz CT molecular complexity index is 797. The highest BCUT2D eigenvalue weighted by Gasteiger charge is 2.14. The van der Waals surface area contributed by atoms with Gasteiger partial charge in [-0.05, 0) is 18.6 Å². The van der Waals surface area contributed by atoms with Crippen LogP contribution in [-0.2, 0) is 4.79 Å². The van der Waals surface area contributed by atoms with Gasteiger partial charge in [0.25, 0.3) is 0 Å². The molecule has 21 heavy (non-hydrogen) atoms. The number of benzene rings is 1. The van der Waals surface area contributed by atoms with E-state index in [1.807, 2.05) is 19.1 Å². The predicted molar refractivity (Wildman–Crippen MR) is 82.6 cm³/mol. The number of fused-ring (bicyclic) bond motifs is 1. The van der Waals surface area contributed by atoms with Gasteiger partial charge in [0.15, 0.2) is 5.82 Å². The Kier molecular flexibility index (Phi) is 3.85. The molecule has 0 atom stereocenters. The molecule has 0 saturated carbocycles. The lowest BCUT2D eigenvalue weighted by atomic mass is 10.2.